The van der Waals surface area contributed by atoms with Crippen LogP contribution in [0.25, 0.3) is 0 Å². The minimum Gasteiger partial charge on any atom is -0.446 e. The van der Waals surface area contributed by atoms with E-state index in [0.29, 0.717) is 12.0 Å². The molecule has 0 aliphatic heterocycles. The molecule has 0 aromatic heterocycles. The van der Waals surface area contributed by atoms with Gasteiger partial charge in [-0.3, -0.25) is 0 Å². The van der Waals surface area contributed by atoms with Crippen molar-refractivity contribution < 1.29 is 9.53 Å². The van der Waals surface area contributed by atoms with Gasteiger partial charge in [0.25, 0.3) is 0 Å². The van der Waals surface area contributed by atoms with Crippen LogP contribution in [0.15, 0.2) is 11.6 Å². The van der Waals surface area contributed by atoms with E-state index in [1.54, 1.807) is 5.57 Å². The van der Waals surface area contributed by atoms with Crippen molar-refractivity contribution in [1.82, 2.24) is 10.2 Å². The van der Waals surface area contributed by atoms with Crippen molar-refractivity contribution in [1.29, 1.82) is 0 Å². The summed E-state index contributed by atoms with van der Waals surface area (Å²) in [6.45, 7) is 20.0. The third-order valence-corrected chi connectivity index (χ3v) is 13.4. The Balaban J connectivity index is 1.32. The summed E-state index contributed by atoms with van der Waals surface area (Å²) in [5.74, 6) is 5.09. The van der Waals surface area contributed by atoms with Gasteiger partial charge in [-0.25, -0.2) is 4.79 Å². The quantitative estimate of drug-likeness (QED) is 0.109. The maximum absolute atomic E-state index is 13.5. The average molecular weight is 643 g/mol. The van der Waals surface area contributed by atoms with Crippen molar-refractivity contribution in [3.63, 3.8) is 0 Å². The number of carbonyl (C=O) groups is 1. The molecule has 0 radical (unpaired) electrons. The lowest BCUT2D eigenvalue weighted by molar-refractivity contribution is -0.0593. The summed E-state index contributed by atoms with van der Waals surface area (Å²) in [5, 5.41) is 3.48. The van der Waals surface area contributed by atoms with Crippen LogP contribution in [0.3, 0.4) is 0 Å². The first-order chi connectivity index (χ1) is 21.8. The van der Waals surface area contributed by atoms with E-state index in [2.05, 4.69) is 46.0 Å². The Morgan fingerprint density at radius 2 is 1.65 bits per heavy atom. The number of nitrogens with zero attached hydrogens (tertiary/aromatic N) is 1. The molecular formula is C40H74N4O2. The Kier molecular flexibility index (Phi) is 13.9. The smallest absolute Gasteiger partial charge is 0.410 e. The molecule has 0 aromatic carbocycles. The van der Waals surface area contributed by atoms with Crippen molar-refractivity contribution >= 4 is 6.09 Å². The zero-order valence-electron chi connectivity index (χ0n) is 31.1. The second-order valence-corrected chi connectivity index (χ2v) is 17.5. The molecule has 266 valence electrons. The standard InChI is InChI=1S/C40H74N4O2/c1-28(2)11-10-12-29(3)35-15-16-36-34-14-13-32-27-33(17-21-39(32,6)37(34)18-22-40(35,36)7)46-38(45)44(26-20-31(5)42)25-9-8-23-43-24-19-30(4)41/h13,28-31,33-37,43H,8-12,14-27,41-42H2,1-7H3/t29-,30?,31?,33+,34?,35-,36+,37+,39+,40-/m1/s1. The number of nitrogens with two attached hydrogens (primary N) is 2. The second-order valence-electron chi connectivity index (χ2n) is 17.5. The lowest BCUT2D eigenvalue weighted by Gasteiger charge is -2.58. The number of amides is 1. The lowest BCUT2D eigenvalue weighted by atomic mass is 9.47. The molecule has 3 unspecified atom stereocenters. The van der Waals surface area contributed by atoms with Gasteiger partial charge in [-0.2, -0.15) is 0 Å². The topological polar surface area (TPSA) is 93.6 Å². The molecule has 4 aliphatic carbocycles. The van der Waals surface area contributed by atoms with Crippen LogP contribution < -0.4 is 16.8 Å². The molecule has 0 saturated heterocycles. The molecule has 3 saturated carbocycles. The van der Waals surface area contributed by atoms with Crippen LogP contribution in [-0.2, 0) is 4.74 Å². The van der Waals surface area contributed by atoms with Gasteiger partial charge in [-0.05, 0) is 144 Å². The zero-order chi connectivity index (χ0) is 33.5. The van der Waals surface area contributed by atoms with E-state index in [-0.39, 0.29) is 29.7 Å². The van der Waals surface area contributed by atoms with Gasteiger partial charge >= 0.3 is 6.09 Å². The zero-order valence-corrected chi connectivity index (χ0v) is 31.1. The SMILES string of the molecule is CC(C)CCC[C@@H](C)[C@H]1CC[C@H]2C3CC=C4C[C@@H](OC(=O)N(CCCCNCCC(C)N)CCC(C)N)CC[C@]4(C)[C@H]3CC[C@]12C. The van der Waals surface area contributed by atoms with Crippen molar-refractivity contribution in [2.45, 2.75) is 163 Å². The monoisotopic (exact) mass is 643 g/mol. The normalized spacial score (nSPS) is 34.2. The highest BCUT2D eigenvalue weighted by molar-refractivity contribution is 5.67. The Morgan fingerprint density at radius 3 is 2.37 bits per heavy atom. The maximum atomic E-state index is 13.5. The third-order valence-electron chi connectivity index (χ3n) is 13.4. The maximum Gasteiger partial charge on any atom is 0.410 e. The average Bonchev–Trinajstić information content (AvgIpc) is 3.35. The summed E-state index contributed by atoms with van der Waals surface area (Å²) in [7, 11) is 0. The van der Waals surface area contributed by atoms with E-state index in [4.69, 9.17) is 16.2 Å². The van der Waals surface area contributed by atoms with E-state index in [0.717, 1.165) is 100 Å². The number of rotatable bonds is 17. The molecule has 4 rings (SSSR count). The van der Waals surface area contributed by atoms with Gasteiger partial charge in [0.1, 0.15) is 6.10 Å². The number of carbonyl (C=O) groups excluding carboxylic acids is 1. The molecule has 46 heavy (non-hydrogen) atoms. The predicted molar refractivity (Wildman–Crippen MR) is 194 cm³/mol. The van der Waals surface area contributed by atoms with Crippen LogP contribution in [0, 0.1) is 46.3 Å². The number of hydrogen-bond acceptors (Lipinski definition) is 5. The molecular weight excluding hydrogens is 568 g/mol. The van der Waals surface area contributed by atoms with E-state index in [9.17, 15) is 4.79 Å². The fourth-order valence-electron chi connectivity index (χ4n) is 10.6. The number of nitrogens with one attached hydrogen (secondary N) is 1. The third kappa shape index (κ3) is 9.31. The summed E-state index contributed by atoms with van der Waals surface area (Å²) in [6, 6.07) is 0.308. The van der Waals surface area contributed by atoms with Crippen LogP contribution in [0.4, 0.5) is 4.79 Å². The molecule has 0 bridgehead atoms. The molecule has 0 heterocycles. The summed E-state index contributed by atoms with van der Waals surface area (Å²) in [5.41, 5.74) is 14.3. The molecule has 5 N–H and O–H groups in total. The van der Waals surface area contributed by atoms with Gasteiger partial charge in [0.2, 0.25) is 0 Å². The number of hydrogen-bond donors (Lipinski definition) is 3. The molecule has 10 atom stereocenters. The van der Waals surface area contributed by atoms with Crippen LogP contribution in [0.5, 0.6) is 0 Å². The predicted octanol–water partition coefficient (Wildman–Crippen LogP) is 8.68. The molecule has 1 amide bonds. The second kappa shape index (κ2) is 17.0. The minimum atomic E-state index is -0.138. The van der Waals surface area contributed by atoms with Crippen LogP contribution >= 0.6 is 0 Å². The Morgan fingerprint density at radius 1 is 0.891 bits per heavy atom. The van der Waals surface area contributed by atoms with Gasteiger partial charge in [0.05, 0.1) is 0 Å². The Bertz CT molecular complexity index is 980. The summed E-state index contributed by atoms with van der Waals surface area (Å²) in [6.07, 6.45) is 20.5. The van der Waals surface area contributed by atoms with Gasteiger partial charge in [0, 0.05) is 31.6 Å². The first kappa shape index (κ1) is 37.7. The lowest BCUT2D eigenvalue weighted by Crippen LogP contribution is -2.51. The number of unbranched alkanes of at least 4 members (excludes halogenated alkanes) is 1. The first-order valence-electron chi connectivity index (χ1n) is 19.7. The number of fused-ring (bicyclic) bond motifs is 5. The summed E-state index contributed by atoms with van der Waals surface area (Å²) >= 11 is 0. The van der Waals surface area contributed by atoms with E-state index in [1.807, 2.05) is 18.7 Å². The molecule has 6 nitrogen and oxygen atoms in total. The fraction of sp³-hybridized carbons (Fsp3) is 0.925. The number of allylic oxidation sites excluding steroid dienone is 1. The van der Waals surface area contributed by atoms with Crippen LogP contribution in [0.1, 0.15) is 145 Å². The van der Waals surface area contributed by atoms with Gasteiger partial charge < -0.3 is 26.4 Å². The highest BCUT2D eigenvalue weighted by atomic mass is 16.6. The Hall–Kier alpha value is -1.11. The molecule has 4 aliphatic rings. The van der Waals surface area contributed by atoms with E-state index >= 15 is 0 Å². The van der Waals surface area contributed by atoms with Gasteiger partial charge in [0.15, 0.2) is 0 Å². The molecule has 0 aromatic rings. The van der Waals surface area contributed by atoms with Crippen molar-refractivity contribution in [2.24, 2.45) is 57.8 Å². The largest absolute Gasteiger partial charge is 0.446 e. The summed E-state index contributed by atoms with van der Waals surface area (Å²) < 4.78 is 6.29. The van der Waals surface area contributed by atoms with Crippen molar-refractivity contribution in [3.05, 3.63) is 11.6 Å². The molecule has 6 heteroatoms. The van der Waals surface area contributed by atoms with Gasteiger partial charge in [-0.1, -0.05) is 65.5 Å². The highest BCUT2D eigenvalue weighted by Crippen LogP contribution is 2.67. The fourth-order valence-corrected chi connectivity index (χ4v) is 10.6. The minimum absolute atomic E-state index is 0.00231. The van der Waals surface area contributed by atoms with Crippen molar-refractivity contribution in [3.8, 4) is 0 Å². The molecule has 0 spiro atoms. The molecule has 3 fully saturated rings. The summed E-state index contributed by atoms with van der Waals surface area (Å²) in [4.78, 5) is 15.4. The van der Waals surface area contributed by atoms with E-state index < -0.39 is 0 Å². The van der Waals surface area contributed by atoms with Crippen LogP contribution in [0.2, 0.25) is 0 Å². The highest BCUT2D eigenvalue weighted by Gasteiger charge is 2.59. The van der Waals surface area contributed by atoms with E-state index in [1.165, 1.54) is 51.4 Å². The van der Waals surface area contributed by atoms with Crippen molar-refractivity contribution in [2.75, 3.05) is 26.2 Å². The Labute approximate surface area is 284 Å². The van der Waals surface area contributed by atoms with Gasteiger partial charge in [-0.15, -0.1) is 0 Å². The van der Waals surface area contributed by atoms with Crippen LogP contribution in [-0.4, -0.2) is 55.4 Å². The number of ether oxygens (including phenoxy) is 1. The first-order valence-corrected chi connectivity index (χ1v) is 19.7.